The van der Waals surface area contributed by atoms with Crippen molar-refractivity contribution < 1.29 is 14.4 Å². The Morgan fingerprint density at radius 2 is 1.77 bits per heavy atom. The fourth-order valence-corrected chi connectivity index (χ4v) is 3.90. The second-order valence-corrected chi connectivity index (χ2v) is 8.18. The second kappa shape index (κ2) is 8.05. The number of imide groups is 1. The molecule has 1 N–H and O–H groups in total. The zero-order valence-electron chi connectivity index (χ0n) is 14.1. The largest absolute Gasteiger partial charge is 0.325 e. The predicted molar refractivity (Wildman–Crippen MR) is 107 cm³/mol. The Bertz CT molecular complexity index is 836. The van der Waals surface area contributed by atoms with E-state index in [1.807, 2.05) is 24.3 Å². The van der Waals surface area contributed by atoms with Crippen LogP contribution in [0.15, 0.2) is 53.0 Å². The molecule has 2 aromatic carbocycles. The van der Waals surface area contributed by atoms with Crippen LogP contribution >= 0.6 is 27.7 Å². The molecule has 134 valence electrons. The van der Waals surface area contributed by atoms with E-state index in [2.05, 4.69) is 21.2 Å². The van der Waals surface area contributed by atoms with E-state index in [-0.39, 0.29) is 29.5 Å². The van der Waals surface area contributed by atoms with Crippen LogP contribution in [-0.2, 0) is 4.79 Å². The highest BCUT2D eigenvalue weighted by atomic mass is 79.9. The molecule has 26 heavy (non-hydrogen) atoms. The lowest BCUT2D eigenvalue weighted by atomic mass is 10.1. The fourth-order valence-electron chi connectivity index (χ4n) is 2.65. The normalized spacial score (nSPS) is 14.3. The SMILES string of the molecule is CC(SCCN1C(=O)c2ccccc2C1=O)C(=O)Nc1cccc(Br)c1. The maximum absolute atomic E-state index is 12.3. The molecule has 3 rings (SSSR count). The molecule has 1 atom stereocenters. The molecule has 0 saturated heterocycles. The Hall–Kier alpha value is -2.12. The molecule has 3 amide bonds. The Morgan fingerprint density at radius 1 is 1.12 bits per heavy atom. The monoisotopic (exact) mass is 432 g/mol. The van der Waals surface area contributed by atoms with Crippen LogP contribution in [0, 0.1) is 0 Å². The van der Waals surface area contributed by atoms with Gasteiger partial charge in [-0.2, -0.15) is 0 Å². The molecule has 0 spiro atoms. The molecule has 1 heterocycles. The summed E-state index contributed by atoms with van der Waals surface area (Å²) < 4.78 is 0.890. The number of fused-ring (bicyclic) bond motifs is 1. The topological polar surface area (TPSA) is 66.5 Å². The van der Waals surface area contributed by atoms with E-state index in [1.54, 1.807) is 31.2 Å². The molecule has 7 heteroatoms. The highest BCUT2D eigenvalue weighted by Gasteiger charge is 2.34. The maximum atomic E-state index is 12.3. The zero-order valence-corrected chi connectivity index (χ0v) is 16.5. The Balaban J connectivity index is 1.51. The number of hydrogen-bond acceptors (Lipinski definition) is 4. The van der Waals surface area contributed by atoms with Crippen molar-refractivity contribution in [1.29, 1.82) is 0 Å². The lowest BCUT2D eigenvalue weighted by Gasteiger charge is -2.16. The molecule has 0 aromatic heterocycles. The Morgan fingerprint density at radius 3 is 2.38 bits per heavy atom. The summed E-state index contributed by atoms with van der Waals surface area (Å²) >= 11 is 4.77. The molecule has 1 unspecified atom stereocenters. The van der Waals surface area contributed by atoms with Crippen LogP contribution in [0.25, 0.3) is 0 Å². The number of anilines is 1. The zero-order chi connectivity index (χ0) is 18.7. The summed E-state index contributed by atoms with van der Waals surface area (Å²) in [6, 6.07) is 14.2. The first-order valence-electron chi connectivity index (χ1n) is 8.10. The number of benzene rings is 2. The van der Waals surface area contributed by atoms with Crippen molar-refractivity contribution >= 4 is 51.1 Å². The van der Waals surface area contributed by atoms with Gasteiger partial charge in [-0.15, -0.1) is 11.8 Å². The number of halogens is 1. The smallest absolute Gasteiger partial charge is 0.261 e. The van der Waals surface area contributed by atoms with Gasteiger partial charge in [0.2, 0.25) is 5.91 Å². The van der Waals surface area contributed by atoms with Gasteiger partial charge in [0.15, 0.2) is 0 Å². The first kappa shape index (κ1) is 18.7. The van der Waals surface area contributed by atoms with E-state index in [9.17, 15) is 14.4 Å². The molecular formula is C19H17BrN2O3S. The van der Waals surface area contributed by atoms with Crippen molar-refractivity contribution in [2.45, 2.75) is 12.2 Å². The minimum Gasteiger partial charge on any atom is -0.325 e. The van der Waals surface area contributed by atoms with E-state index >= 15 is 0 Å². The average Bonchev–Trinajstić information content (AvgIpc) is 2.87. The molecule has 0 radical (unpaired) electrons. The van der Waals surface area contributed by atoms with Crippen molar-refractivity contribution in [3.05, 3.63) is 64.1 Å². The van der Waals surface area contributed by atoms with Crippen LogP contribution in [-0.4, -0.2) is 40.2 Å². The standard InChI is InChI=1S/C19H17BrN2O3S/c1-12(17(23)21-14-6-4-5-13(20)11-14)26-10-9-22-18(24)15-7-2-3-8-16(15)19(22)25/h2-8,11-12H,9-10H2,1H3,(H,21,23). The van der Waals surface area contributed by atoms with Gasteiger partial charge in [-0.05, 0) is 37.3 Å². The molecule has 0 bridgehead atoms. The molecule has 1 aliphatic rings. The Kier molecular flexibility index (Phi) is 5.78. The van der Waals surface area contributed by atoms with E-state index in [4.69, 9.17) is 0 Å². The predicted octanol–water partition coefficient (Wildman–Crippen LogP) is 3.81. The first-order chi connectivity index (χ1) is 12.5. The number of hydrogen-bond donors (Lipinski definition) is 1. The van der Waals surface area contributed by atoms with Gasteiger partial charge in [0.25, 0.3) is 11.8 Å². The molecule has 0 fully saturated rings. The van der Waals surface area contributed by atoms with Gasteiger partial charge >= 0.3 is 0 Å². The van der Waals surface area contributed by atoms with Crippen molar-refractivity contribution in [2.75, 3.05) is 17.6 Å². The third-order valence-corrected chi connectivity index (χ3v) is 5.65. The lowest BCUT2D eigenvalue weighted by Crippen LogP contribution is -2.32. The van der Waals surface area contributed by atoms with Crippen molar-refractivity contribution in [1.82, 2.24) is 4.90 Å². The third-order valence-electron chi connectivity index (χ3n) is 4.02. The van der Waals surface area contributed by atoms with Gasteiger partial charge in [-0.25, -0.2) is 0 Å². The maximum Gasteiger partial charge on any atom is 0.261 e. The summed E-state index contributed by atoms with van der Waals surface area (Å²) in [6.45, 7) is 2.09. The summed E-state index contributed by atoms with van der Waals surface area (Å²) in [5.74, 6) is -0.149. The van der Waals surface area contributed by atoms with Gasteiger partial charge < -0.3 is 5.32 Å². The van der Waals surface area contributed by atoms with Gasteiger partial charge in [0, 0.05) is 22.5 Å². The average molecular weight is 433 g/mol. The quantitative estimate of drug-likeness (QED) is 0.704. The van der Waals surface area contributed by atoms with Gasteiger partial charge in [0.05, 0.1) is 16.4 Å². The number of nitrogens with zero attached hydrogens (tertiary/aromatic N) is 1. The number of thioether (sulfide) groups is 1. The van der Waals surface area contributed by atoms with Crippen molar-refractivity contribution in [3.63, 3.8) is 0 Å². The van der Waals surface area contributed by atoms with Crippen LogP contribution in [0.5, 0.6) is 0 Å². The van der Waals surface area contributed by atoms with Crippen LogP contribution in [0.4, 0.5) is 5.69 Å². The highest BCUT2D eigenvalue weighted by Crippen LogP contribution is 2.23. The summed E-state index contributed by atoms with van der Waals surface area (Å²) in [7, 11) is 0. The summed E-state index contributed by atoms with van der Waals surface area (Å²) in [6.07, 6.45) is 0. The molecule has 2 aromatic rings. The van der Waals surface area contributed by atoms with E-state index in [0.717, 1.165) is 10.2 Å². The molecule has 5 nitrogen and oxygen atoms in total. The number of carbonyl (C=O) groups is 3. The van der Waals surface area contributed by atoms with Crippen molar-refractivity contribution in [3.8, 4) is 0 Å². The van der Waals surface area contributed by atoms with Gasteiger partial charge in [-0.1, -0.05) is 34.1 Å². The van der Waals surface area contributed by atoms with Crippen LogP contribution in [0.1, 0.15) is 27.6 Å². The molecular weight excluding hydrogens is 416 g/mol. The Labute approximate surface area is 164 Å². The number of carbonyl (C=O) groups excluding carboxylic acids is 3. The number of rotatable bonds is 6. The highest BCUT2D eigenvalue weighted by molar-refractivity contribution is 9.10. The van der Waals surface area contributed by atoms with E-state index in [1.165, 1.54) is 16.7 Å². The van der Waals surface area contributed by atoms with Crippen LogP contribution in [0.2, 0.25) is 0 Å². The molecule has 0 saturated carbocycles. The van der Waals surface area contributed by atoms with Gasteiger partial charge in [0.1, 0.15) is 0 Å². The summed E-state index contributed by atoms with van der Waals surface area (Å²) in [5.41, 5.74) is 1.61. The van der Waals surface area contributed by atoms with Gasteiger partial charge in [-0.3, -0.25) is 19.3 Å². The number of nitrogens with one attached hydrogen (secondary N) is 1. The minimum absolute atomic E-state index is 0.115. The van der Waals surface area contributed by atoms with Crippen LogP contribution < -0.4 is 5.32 Å². The van der Waals surface area contributed by atoms with Crippen LogP contribution in [0.3, 0.4) is 0 Å². The van der Waals surface area contributed by atoms with Crippen molar-refractivity contribution in [2.24, 2.45) is 0 Å². The second-order valence-electron chi connectivity index (χ2n) is 5.82. The molecule has 0 aliphatic carbocycles. The summed E-state index contributed by atoms with van der Waals surface area (Å²) in [4.78, 5) is 38.1. The lowest BCUT2D eigenvalue weighted by molar-refractivity contribution is -0.115. The number of amides is 3. The van der Waals surface area contributed by atoms with E-state index in [0.29, 0.717) is 16.9 Å². The minimum atomic E-state index is -0.302. The summed E-state index contributed by atoms with van der Waals surface area (Å²) in [5, 5.41) is 2.55. The third kappa shape index (κ3) is 3.99. The first-order valence-corrected chi connectivity index (χ1v) is 9.95. The molecule has 1 aliphatic heterocycles. The van der Waals surface area contributed by atoms with E-state index < -0.39 is 0 Å². The fraction of sp³-hybridized carbons (Fsp3) is 0.211.